The molecule has 0 unspecified atom stereocenters. The fourth-order valence-corrected chi connectivity index (χ4v) is 5.87. The first-order valence-corrected chi connectivity index (χ1v) is 14.9. The average Bonchev–Trinajstić information content (AvgIpc) is 3.38. The lowest BCUT2D eigenvalue weighted by atomic mass is 9.83. The third-order valence-corrected chi connectivity index (χ3v) is 8.24. The normalized spacial score (nSPS) is 12.4. The number of furan rings is 1. The first kappa shape index (κ1) is 27.0. The zero-order valence-corrected chi connectivity index (χ0v) is 25.6. The van der Waals surface area contributed by atoms with Crippen LogP contribution in [0.3, 0.4) is 0 Å². The molecule has 0 saturated carbocycles. The van der Waals surface area contributed by atoms with Gasteiger partial charge in [0, 0.05) is 21.9 Å². The SMILES string of the molecule is CC(C)(C)c1ccc(-c2nc(-c3ccc4c(C(C)(C)C)cccc4c3)nc(-c3cccc4c3oc3ccccc34)n2)cc1. The minimum atomic E-state index is 0.0407. The second kappa shape index (κ2) is 9.88. The van der Waals surface area contributed by atoms with E-state index in [1.807, 2.05) is 30.3 Å². The molecule has 0 bridgehead atoms. The summed E-state index contributed by atoms with van der Waals surface area (Å²) < 4.78 is 6.38. The zero-order chi connectivity index (χ0) is 29.9. The molecule has 0 saturated heterocycles. The van der Waals surface area contributed by atoms with Crippen molar-refractivity contribution < 1.29 is 4.42 Å². The maximum Gasteiger partial charge on any atom is 0.167 e. The minimum absolute atomic E-state index is 0.0407. The molecular formula is C39H35N3O. The Morgan fingerprint density at radius 1 is 0.512 bits per heavy atom. The van der Waals surface area contributed by atoms with Gasteiger partial charge in [-0.1, -0.05) is 126 Å². The number of benzene rings is 5. The Morgan fingerprint density at radius 3 is 1.91 bits per heavy atom. The Hall–Kier alpha value is -4.83. The van der Waals surface area contributed by atoms with Crippen LogP contribution < -0.4 is 0 Å². The molecule has 4 nitrogen and oxygen atoms in total. The summed E-state index contributed by atoms with van der Waals surface area (Å²) >= 11 is 0. The Labute approximate surface area is 252 Å². The highest BCUT2D eigenvalue weighted by Gasteiger charge is 2.20. The lowest BCUT2D eigenvalue weighted by Crippen LogP contribution is -2.11. The number of aromatic nitrogens is 3. The van der Waals surface area contributed by atoms with E-state index in [1.54, 1.807) is 0 Å². The van der Waals surface area contributed by atoms with Gasteiger partial charge in [-0.05, 0) is 50.9 Å². The van der Waals surface area contributed by atoms with E-state index >= 15 is 0 Å². The van der Waals surface area contributed by atoms with Gasteiger partial charge in [0.25, 0.3) is 0 Å². The molecule has 43 heavy (non-hydrogen) atoms. The summed E-state index contributed by atoms with van der Waals surface area (Å²) in [6.07, 6.45) is 0. The monoisotopic (exact) mass is 561 g/mol. The molecule has 0 N–H and O–H groups in total. The van der Waals surface area contributed by atoms with Crippen molar-refractivity contribution in [2.75, 3.05) is 0 Å². The van der Waals surface area contributed by atoms with E-state index in [2.05, 4.69) is 114 Å². The molecule has 0 aliphatic rings. The summed E-state index contributed by atoms with van der Waals surface area (Å²) in [4.78, 5) is 15.1. The van der Waals surface area contributed by atoms with Gasteiger partial charge in [0.05, 0.1) is 5.56 Å². The van der Waals surface area contributed by atoms with Crippen molar-refractivity contribution in [3.63, 3.8) is 0 Å². The molecule has 4 heteroatoms. The molecule has 0 fully saturated rings. The number of rotatable bonds is 3. The lowest BCUT2D eigenvalue weighted by molar-refractivity contribution is 0.590. The highest BCUT2D eigenvalue weighted by Crippen LogP contribution is 2.37. The molecular weight excluding hydrogens is 526 g/mol. The van der Waals surface area contributed by atoms with Gasteiger partial charge in [0.2, 0.25) is 0 Å². The second-order valence-electron chi connectivity index (χ2n) is 13.4. The van der Waals surface area contributed by atoms with Gasteiger partial charge in [0.15, 0.2) is 17.5 Å². The largest absolute Gasteiger partial charge is 0.455 e. The number of fused-ring (bicyclic) bond motifs is 4. The maximum atomic E-state index is 6.38. The predicted octanol–water partition coefficient (Wildman–Crippen LogP) is 10.5. The van der Waals surface area contributed by atoms with E-state index in [9.17, 15) is 0 Å². The second-order valence-corrected chi connectivity index (χ2v) is 13.4. The van der Waals surface area contributed by atoms with Crippen LogP contribution in [0.1, 0.15) is 52.7 Å². The molecule has 0 aliphatic heterocycles. The van der Waals surface area contributed by atoms with Gasteiger partial charge in [-0.15, -0.1) is 0 Å². The van der Waals surface area contributed by atoms with Crippen LogP contribution in [0.25, 0.3) is 66.9 Å². The Bertz CT molecular complexity index is 2140. The van der Waals surface area contributed by atoms with Gasteiger partial charge < -0.3 is 4.42 Å². The van der Waals surface area contributed by atoms with Gasteiger partial charge in [0.1, 0.15) is 11.2 Å². The van der Waals surface area contributed by atoms with Crippen molar-refractivity contribution in [1.29, 1.82) is 0 Å². The molecule has 5 aromatic carbocycles. The van der Waals surface area contributed by atoms with Crippen LogP contribution in [-0.4, -0.2) is 15.0 Å². The Kier molecular flexibility index (Phi) is 6.21. The van der Waals surface area contributed by atoms with Crippen LogP contribution in [0.15, 0.2) is 108 Å². The molecule has 2 aromatic heterocycles. The number of hydrogen-bond acceptors (Lipinski definition) is 4. The molecule has 0 spiro atoms. The van der Waals surface area contributed by atoms with E-state index in [-0.39, 0.29) is 10.8 Å². The van der Waals surface area contributed by atoms with Crippen molar-refractivity contribution in [3.8, 4) is 34.2 Å². The van der Waals surface area contributed by atoms with Crippen LogP contribution in [0.4, 0.5) is 0 Å². The standard InChI is InChI=1S/C39H35N3O/c1-38(2,3)27-20-17-24(18-21-27)35-40-36(26-19-22-28-25(23-26)11-9-15-32(28)39(4,5)6)42-37(41-35)31-14-10-13-30-29-12-7-8-16-33(29)43-34(30)31/h7-23H,1-6H3. The Morgan fingerprint density at radius 2 is 1.16 bits per heavy atom. The van der Waals surface area contributed by atoms with Gasteiger partial charge >= 0.3 is 0 Å². The lowest BCUT2D eigenvalue weighted by Gasteiger charge is -2.21. The van der Waals surface area contributed by atoms with Gasteiger partial charge in [-0.25, -0.2) is 15.0 Å². The molecule has 0 aliphatic carbocycles. The van der Waals surface area contributed by atoms with E-state index < -0.39 is 0 Å². The summed E-state index contributed by atoms with van der Waals surface area (Å²) in [6.45, 7) is 13.4. The summed E-state index contributed by atoms with van der Waals surface area (Å²) in [7, 11) is 0. The maximum absolute atomic E-state index is 6.38. The quantitative estimate of drug-likeness (QED) is 0.215. The number of hydrogen-bond donors (Lipinski definition) is 0. The fraction of sp³-hybridized carbons (Fsp3) is 0.205. The van der Waals surface area contributed by atoms with Crippen molar-refractivity contribution in [2.24, 2.45) is 0 Å². The summed E-state index contributed by atoms with van der Waals surface area (Å²) in [6, 6.07) is 35.9. The molecule has 7 aromatic rings. The summed E-state index contributed by atoms with van der Waals surface area (Å²) in [5, 5.41) is 4.54. The fourth-order valence-electron chi connectivity index (χ4n) is 5.87. The third-order valence-electron chi connectivity index (χ3n) is 8.24. The molecule has 0 radical (unpaired) electrons. The zero-order valence-electron chi connectivity index (χ0n) is 25.6. The predicted molar refractivity (Wildman–Crippen MR) is 178 cm³/mol. The highest BCUT2D eigenvalue weighted by molar-refractivity contribution is 6.09. The number of nitrogens with zero attached hydrogens (tertiary/aromatic N) is 3. The van der Waals surface area contributed by atoms with Crippen LogP contribution in [-0.2, 0) is 10.8 Å². The van der Waals surface area contributed by atoms with Crippen molar-refractivity contribution in [2.45, 2.75) is 52.4 Å². The molecule has 212 valence electrons. The smallest absolute Gasteiger partial charge is 0.167 e. The third kappa shape index (κ3) is 4.87. The highest BCUT2D eigenvalue weighted by atomic mass is 16.3. The average molecular weight is 562 g/mol. The van der Waals surface area contributed by atoms with Crippen LogP contribution in [0.2, 0.25) is 0 Å². The van der Waals surface area contributed by atoms with E-state index in [0.29, 0.717) is 17.5 Å². The van der Waals surface area contributed by atoms with E-state index in [4.69, 9.17) is 19.4 Å². The molecule has 0 atom stereocenters. The molecule has 2 heterocycles. The molecule has 0 amide bonds. The minimum Gasteiger partial charge on any atom is -0.455 e. The summed E-state index contributed by atoms with van der Waals surface area (Å²) in [5.41, 5.74) is 7.06. The first-order valence-electron chi connectivity index (χ1n) is 14.9. The Balaban J connectivity index is 1.45. The number of para-hydroxylation sites is 2. The van der Waals surface area contributed by atoms with Crippen LogP contribution in [0, 0.1) is 0 Å². The van der Waals surface area contributed by atoms with Crippen LogP contribution >= 0.6 is 0 Å². The van der Waals surface area contributed by atoms with Crippen molar-refractivity contribution >= 4 is 32.7 Å². The van der Waals surface area contributed by atoms with Crippen molar-refractivity contribution in [3.05, 3.63) is 114 Å². The molecule has 7 rings (SSSR count). The van der Waals surface area contributed by atoms with Crippen LogP contribution in [0.5, 0.6) is 0 Å². The van der Waals surface area contributed by atoms with Gasteiger partial charge in [-0.3, -0.25) is 0 Å². The van der Waals surface area contributed by atoms with E-state index in [1.165, 1.54) is 21.9 Å². The first-order chi connectivity index (χ1) is 20.6. The van der Waals surface area contributed by atoms with E-state index in [0.717, 1.165) is 38.6 Å². The topological polar surface area (TPSA) is 51.8 Å². The summed E-state index contributed by atoms with van der Waals surface area (Å²) in [5.74, 6) is 1.86. The van der Waals surface area contributed by atoms with Crippen molar-refractivity contribution in [1.82, 2.24) is 15.0 Å². The van der Waals surface area contributed by atoms with Gasteiger partial charge in [-0.2, -0.15) is 0 Å².